The van der Waals surface area contributed by atoms with Gasteiger partial charge in [-0.1, -0.05) is 30.3 Å². The third kappa shape index (κ3) is 4.66. The van der Waals surface area contributed by atoms with E-state index in [1.54, 1.807) is 18.4 Å². The molecule has 2 fully saturated rings. The van der Waals surface area contributed by atoms with E-state index in [9.17, 15) is 9.59 Å². The molecule has 4 rings (SSSR count). The molecule has 1 aromatic heterocycles. The molecular weight excluding hydrogens is 400 g/mol. The summed E-state index contributed by atoms with van der Waals surface area (Å²) in [6.45, 7) is 6.20. The fourth-order valence-corrected chi connectivity index (χ4v) is 5.06. The van der Waals surface area contributed by atoms with Crippen LogP contribution in [0.1, 0.15) is 9.67 Å². The Balaban J connectivity index is 1.52. The van der Waals surface area contributed by atoms with Crippen LogP contribution in [0.25, 0.3) is 11.1 Å². The minimum absolute atomic E-state index is 0.00990. The quantitative estimate of drug-likeness (QED) is 0.786. The van der Waals surface area contributed by atoms with Gasteiger partial charge in [0.2, 0.25) is 5.91 Å². The number of morpholine rings is 1. The highest BCUT2D eigenvalue weighted by Crippen LogP contribution is 2.39. The smallest absolute Gasteiger partial charge is 0.264 e. The van der Waals surface area contributed by atoms with Gasteiger partial charge in [-0.3, -0.25) is 14.5 Å². The number of piperazine rings is 1. The maximum absolute atomic E-state index is 13.3. The zero-order chi connectivity index (χ0) is 20.9. The van der Waals surface area contributed by atoms with Crippen molar-refractivity contribution in [2.45, 2.75) is 0 Å². The molecule has 0 unspecified atom stereocenters. The summed E-state index contributed by atoms with van der Waals surface area (Å²) in [5.41, 5.74) is 2.24. The number of benzene rings is 1. The van der Waals surface area contributed by atoms with Gasteiger partial charge in [0.15, 0.2) is 0 Å². The van der Waals surface area contributed by atoms with Gasteiger partial charge in [-0.15, -0.1) is 11.3 Å². The van der Waals surface area contributed by atoms with Crippen LogP contribution in [0, 0.1) is 0 Å². The summed E-state index contributed by atoms with van der Waals surface area (Å²) < 4.78 is 5.52. The molecule has 0 spiro atoms. The van der Waals surface area contributed by atoms with Gasteiger partial charge in [-0.2, -0.15) is 0 Å². The van der Waals surface area contributed by atoms with E-state index in [-0.39, 0.29) is 11.8 Å². The maximum atomic E-state index is 13.3. The van der Waals surface area contributed by atoms with Gasteiger partial charge < -0.3 is 19.9 Å². The predicted octanol–water partition coefficient (Wildman–Crippen LogP) is 1.76. The zero-order valence-electron chi connectivity index (χ0n) is 17.3. The second kappa shape index (κ2) is 9.59. The van der Waals surface area contributed by atoms with E-state index in [1.165, 1.54) is 0 Å². The third-order valence-corrected chi connectivity index (χ3v) is 6.80. The lowest BCUT2D eigenvalue weighted by Crippen LogP contribution is -2.50. The molecule has 0 atom stereocenters. The second-order valence-corrected chi connectivity index (χ2v) is 8.57. The van der Waals surface area contributed by atoms with Crippen LogP contribution >= 0.6 is 11.3 Å². The average Bonchev–Trinajstić information content (AvgIpc) is 3.26. The molecule has 8 heteroatoms. The maximum Gasteiger partial charge on any atom is 0.264 e. The Hall–Kier alpha value is -2.42. The molecule has 2 aliphatic heterocycles. The van der Waals surface area contributed by atoms with Gasteiger partial charge in [-0.25, -0.2) is 0 Å². The molecule has 0 radical (unpaired) electrons. The number of carbonyl (C=O) groups excluding carboxylic acids is 2. The highest BCUT2D eigenvalue weighted by atomic mass is 32.1. The van der Waals surface area contributed by atoms with Crippen LogP contribution in [0.4, 0.5) is 5.00 Å². The Morgan fingerprint density at radius 1 is 1.03 bits per heavy atom. The molecule has 0 saturated carbocycles. The Labute approximate surface area is 181 Å². The first kappa shape index (κ1) is 20.8. The standard InChI is InChI=1S/C22H28N4O3S/c1-23-20(27)16-24-7-9-25(10-8-24)21(28)19-15-18(17-5-3-2-4-6-17)22(30-19)26-11-13-29-14-12-26/h2-6,15H,7-14,16H2,1H3,(H,23,27). The van der Waals surface area contributed by atoms with Gasteiger partial charge in [0.1, 0.15) is 0 Å². The lowest BCUT2D eigenvalue weighted by Gasteiger charge is -2.34. The molecule has 3 heterocycles. The number of amides is 2. The number of hydrogen-bond donors (Lipinski definition) is 1. The van der Waals surface area contributed by atoms with Crippen LogP contribution in [-0.4, -0.2) is 87.7 Å². The topological polar surface area (TPSA) is 65.1 Å². The number of hydrogen-bond acceptors (Lipinski definition) is 6. The zero-order valence-corrected chi connectivity index (χ0v) is 18.1. The summed E-state index contributed by atoms with van der Waals surface area (Å²) >= 11 is 1.58. The molecule has 0 aliphatic carbocycles. The van der Waals surface area contributed by atoms with Gasteiger partial charge in [0.25, 0.3) is 5.91 Å². The number of carbonyl (C=O) groups is 2. The molecule has 1 aromatic carbocycles. The van der Waals surface area contributed by atoms with Crippen molar-refractivity contribution in [3.63, 3.8) is 0 Å². The number of ether oxygens (including phenoxy) is 1. The van der Waals surface area contributed by atoms with E-state index in [1.807, 2.05) is 29.2 Å². The summed E-state index contributed by atoms with van der Waals surface area (Å²) in [6, 6.07) is 12.3. The van der Waals surface area contributed by atoms with Crippen LogP contribution in [0.5, 0.6) is 0 Å². The van der Waals surface area contributed by atoms with Crippen molar-refractivity contribution in [3.05, 3.63) is 41.3 Å². The van der Waals surface area contributed by atoms with Gasteiger partial charge in [0, 0.05) is 51.9 Å². The van der Waals surface area contributed by atoms with E-state index in [4.69, 9.17) is 4.74 Å². The van der Waals surface area contributed by atoms with E-state index in [0.29, 0.717) is 45.9 Å². The van der Waals surface area contributed by atoms with Crippen molar-refractivity contribution in [2.24, 2.45) is 0 Å². The highest BCUT2D eigenvalue weighted by Gasteiger charge is 2.27. The van der Waals surface area contributed by atoms with Crippen molar-refractivity contribution >= 4 is 28.2 Å². The van der Waals surface area contributed by atoms with Gasteiger partial charge in [0.05, 0.1) is 29.6 Å². The first-order valence-corrected chi connectivity index (χ1v) is 11.2. The molecule has 2 aromatic rings. The van der Waals surface area contributed by atoms with Crippen molar-refractivity contribution in [1.82, 2.24) is 15.1 Å². The molecule has 160 valence electrons. The van der Waals surface area contributed by atoms with E-state index < -0.39 is 0 Å². The number of rotatable bonds is 5. The lowest BCUT2D eigenvalue weighted by molar-refractivity contribution is -0.122. The highest BCUT2D eigenvalue weighted by molar-refractivity contribution is 7.18. The number of likely N-dealkylation sites (N-methyl/N-ethyl adjacent to an activating group) is 1. The Morgan fingerprint density at radius 3 is 2.40 bits per heavy atom. The third-order valence-electron chi connectivity index (χ3n) is 5.61. The summed E-state index contributed by atoms with van der Waals surface area (Å²) in [5.74, 6) is 0.0898. The molecule has 2 aliphatic rings. The number of anilines is 1. The average molecular weight is 429 g/mol. The van der Waals surface area contributed by atoms with Gasteiger partial charge >= 0.3 is 0 Å². The minimum atomic E-state index is 0.00990. The monoisotopic (exact) mass is 428 g/mol. The van der Waals surface area contributed by atoms with Crippen LogP contribution < -0.4 is 10.2 Å². The fourth-order valence-electron chi connectivity index (χ4n) is 3.86. The summed E-state index contributed by atoms with van der Waals surface area (Å²) in [6.07, 6.45) is 0. The van der Waals surface area contributed by atoms with Crippen LogP contribution in [0.3, 0.4) is 0 Å². The van der Waals surface area contributed by atoms with Crippen molar-refractivity contribution < 1.29 is 14.3 Å². The molecule has 30 heavy (non-hydrogen) atoms. The molecule has 2 amide bonds. The normalized spacial score (nSPS) is 17.8. The first-order chi connectivity index (χ1) is 14.7. The molecular formula is C22H28N4O3S. The lowest BCUT2D eigenvalue weighted by atomic mass is 10.1. The Morgan fingerprint density at radius 2 is 1.73 bits per heavy atom. The predicted molar refractivity (Wildman–Crippen MR) is 119 cm³/mol. The van der Waals surface area contributed by atoms with E-state index in [0.717, 1.165) is 34.1 Å². The van der Waals surface area contributed by atoms with Crippen molar-refractivity contribution in [2.75, 3.05) is 71.0 Å². The van der Waals surface area contributed by atoms with Crippen LogP contribution in [0.15, 0.2) is 36.4 Å². The minimum Gasteiger partial charge on any atom is -0.378 e. The second-order valence-electron chi connectivity index (χ2n) is 7.54. The number of nitrogens with one attached hydrogen (secondary N) is 1. The fraction of sp³-hybridized carbons (Fsp3) is 0.455. The SMILES string of the molecule is CNC(=O)CN1CCN(C(=O)c2cc(-c3ccccc3)c(N3CCOCC3)s2)CC1. The molecule has 7 nitrogen and oxygen atoms in total. The summed E-state index contributed by atoms with van der Waals surface area (Å²) in [7, 11) is 1.65. The van der Waals surface area contributed by atoms with Crippen molar-refractivity contribution in [3.8, 4) is 11.1 Å². The van der Waals surface area contributed by atoms with E-state index >= 15 is 0 Å². The van der Waals surface area contributed by atoms with Gasteiger partial charge in [-0.05, 0) is 11.6 Å². The molecule has 2 saturated heterocycles. The first-order valence-electron chi connectivity index (χ1n) is 10.4. The van der Waals surface area contributed by atoms with Crippen molar-refractivity contribution in [1.29, 1.82) is 0 Å². The Kier molecular flexibility index (Phi) is 6.66. The van der Waals surface area contributed by atoms with E-state index in [2.05, 4.69) is 27.2 Å². The molecule has 1 N–H and O–H groups in total. The Bertz CT molecular complexity index is 872. The molecule has 0 bridgehead atoms. The summed E-state index contributed by atoms with van der Waals surface area (Å²) in [4.78, 5) is 32.0. The number of nitrogens with zero attached hydrogens (tertiary/aromatic N) is 3. The summed E-state index contributed by atoms with van der Waals surface area (Å²) in [5, 5.41) is 3.80. The largest absolute Gasteiger partial charge is 0.378 e. The van der Waals surface area contributed by atoms with Crippen LogP contribution in [-0.2, 0) is 9.53 Å². The number of thiophene rings is 1. The van der Waals surface area contributed by atoms with Crippen LogP contribution in [0.2, 0.25) is 0 Å².